The van der Waals surface area contributed by atoms with Gasteiger partial charge < -0.3 is 10.1 Å². The smallest absolute Gasteiger partial charge is 0.0604 e. The van der Waals surface area contributed by atoms with Crippen molar-refractivity contribution in [3.63, 3.8) is 0 Å². The average molecular weight is 220 g/mol. The Balaban J connectivity index is 1.69. The molecule has 1 aliphatic carbocycles. The molecule has 1 aliphatic rings. The lowest BCUT2D eigenvalue weighted by atomic mass is 9.89. The first-order valence-corrected chi connectivity index (χ1v) is 6.03. The van der Waals surface area contributed by atoms with Crippen molar-refractivity contribution in [2.75, 3.05) is 6.61 Å². The van der Waals surface area contributed by atoms with Crippen molar-refractivity contribution in [2.45, 2.75) is 45.4 Å². The van der Waals surface area contributed by atoms with Gasteiger partial charge in [-0.3, -0.25) is 4.98 Å². The van der Waals surface area contributed by atoms with Crippen molar-refractivity contribution < 1.29 is 4.74 Å². The fourth-order valence-corrected chi connectivity index (χ4v) is 2.08. The molecule has 0 radical (unpaired) electrons. The molecule has 2 rings (SSSR count). The lowest BCUT2D eigenvalue weighted by molar-refractivity contribution is -0.0102. The minimum absolute atomic E-state index is 0.484. The van der Waals surface area contributed by atoms with Gasteiger partial charge in [-0.15, -0.1) is 0 Å². The highest BCUT2D eigenvalue weighted by molar-refractivity contribution is 5.16. The van der Waals surface area contributed by atoms with E-state index in [-0.39, 0.29) is 0 Å². The van der Waals surface area contributed by atoms with E-state index in [0.717, 1.165) is 26.0 Å². The Kier molecular flexibility index (Phi) is 3.91. The van der Waals surface area contributed by atoms with E-state index in [4.69, 9.17) is 4.74 Å². The Hall–Kier alpha value is -0.930. The van der Waals surface area contributed by atoms with E-state index in [0.29, 0.717) is 12.1 Å². The zero-order chi connectivity index (χ0) is 11.4. The summed E-state index contributed by atoms with van der Waals surface area (Å²) in [4.78, 5) is 4.19. The van der Waals surface area contributed by atoms with Gasteiger partial charge in [0.2, 0.25) is 0 Å². The fourth-order valence-electron chi connectivity index (χ4n) is 2.08. The molecule has 0 aromatic carbocycles. The van der Waals surface area contributed by atoms with E-state index >= 15 is 0 Å². The van der Waals surface area contributed by atoms with E-state index in [1.165, 1.54) is 11.1 Å². The van der Waals surface area contributed by atoms with Gasteiger partial charge in [-0.2, -0.15) is 0 Å². The highest BCUT2D eigenvalue weighted by Gasteiger charge is 2.28. The van der Waals surface area contributed by atoms with Crippen LogP contribution in [0.4, 0.5) is 0 Å². The van der Waals surface area contributed by atoms with Crippen LogP contribution in [0.5, 0.6) is 0 Å². The Bertz CT molecular complexity index is 334. The molecule has 0 bridgehead atoms. The second-order valence-electron chi connectivity index (χ2n) is 4.50. The largest absolute Gasteiger partial charge is 0.378 e. The first-order valence-electron chi connectivity index (χ1n) is 6.03. The molecule has 3 heteroatoms. The number of hydrogen-bond acceptors (Lipinski definition) is 3. The van der Waals surface area contributed by atoms with Crippen molar-refractivity contribution in [1.29, 1.82) is 0 Å². The van der Waals surface area contributed by atoms with Crippen molar-refractivity contribution >= 4 is 0 Å². The van der Waals surface area contributed by atoms with Crippen LogP contribution in [0, 0.1) is 6.92 Å². The quantitative estimate of drug-likeness (QED) is 0.824. The third-order valence-electron chi connectivity index (χ3n) is 3.02. The summed E-state index contributed by atoms with van der Waals surface area (Å²) < 4.78 is 5.53. The van der Waals surface area contributed by atoms with Crippen LogP contribution in [-0.4, -0.2) is 23.7 Å². The molecular weight excluding hydrogens is 200 g/mol. The molecule has 88 valence electrons. The van der Waals surface area contributed by atoms with Gasteiger partial charge in [0, 0.05) is 31.6 Å². The SMILES string of the molecule is CCOC1CC(NCc2cncc(C)c2)C1. The van der Waals surface area contributed by atoms with E-state index in [1.54, 1.807) is 0 Å². The summed E-state index contributed by atoms with van der Waals surface area (Å²) in [5, 5.41) is 3.53. The number of nitrogens with one attached hydrogen (secondary N) is 1. The standard InChI is InChI=1S/C13H20N2O/c1-3-16-13-5-12(6-13)15-9-11-4-10(2)7-14-8-11/h4,7-8,12-13,15H,3,5-6,9H2,1-2H3. The first-order chi connectivity index (χ1) is 7.78. The van der Waals surface area contributed by atoms with Gasteiger partial charge in [0.1, 0.15) is 0 Å². The van der Waals surface area contributed by atoms with Gasteiger partial charge in [-0.25, -0.2) is 0 Å². The molecule has 1 aromatic rings. The Morgan fingerprint density at radius 2 is 2.25 bits per heavy atom. The summed E-state index contributed by atoms with van der Waals surface area (Å²) in [5.41, 5.74) is 2.49. The number of aromatic nitrogens is 1. The van der Waals surface area contributed by atoms with E-state index < -0.39 is 0 Å². The number of nitrogens with zero attached hydrogens (tertiary/aromatic N) is 1. The van der Waals surface area contributed by atoms with E-state index in [1.807, 2.05) is 12.4 Å². The maximum absolute atomic E-state index is 5.53. The van der Waals surface area contributed by atoms with E-state index in [9.17, 15) is 0 Å². The van der Waals surface area contributed by atoms with Crippen LogP contribution in [0.3, 0.4) is 0 Å². The number of pyridine rings is 1. The Morgan fingerprint density at radius 3 is 2.94 bits per heavy atom. The molecule has 1 fully saturated rings. The molecule has 1 N–H and O–H groups in total. The highest BCUT2D eigenvalue weighted by Crippen LogP contribution is 2.23. The Labute approximate surface area is 97.2 Å². The summed E-state index contributed by atoms with van der Waals surface area (Å²) >= 11 is 0. The lowest BCUT2D eigenvalue weighted by Crippen LogP contribution is -2.45. The number of ether oxygens (including phenoxy) is 1. The molecule has 1 heterocycles. The normalized spacial score (nSPS) is 24.1. The van der Waals surface area contributed by atoms with Crippen LogP contribution in [-0.2, 0) is 11.3 Å². The molecule has 0 atom stereocenters. The van der Waals surface area contributed by atoms with E-state index in [2.05, 4.69) is 30.2 Å². The predicted octanol–water partition coefficient (Wildman–Crippen LogP) is 2.05. The van der Waals surface area contributed by atoms with Crippen molar-refractivity contribution in [3.05, 3.63) is 29.6 Å². The maximum atomic E-state index is 5.53. The van der Waals surface area contributed by atoms with Crippen LogP contribution in [0.15, 0.2) is 18.5 Å². The average Bonchev–Trinajstić information content (AvgIpc) is 2.21. The van der Waals surface area contributed by atoms with Crippen molar-refractivity contribution in [2.24, 2.45) is 0 Å². The summed E-state index contributed by atoms with van der Waals surface area (Å²) in [6, 6.07) is 2.80. The van der Waals surface area contributed by atoms with Gasteiger partial charge >= 0.3 is 0 Å². The molecule has 0 unspecified atom stereocenters. The van der Waals surface area contributed by atoms with Crippen LogP contribution in [0.25, 0.3) is 0 Å². The molecule has 0 aliphatic heterocycles. The lowest BCUT2D eigenvalue weighted by Gasteiger charge is -2.35. The van der Waals surface area contributed by atoms with Gasteiger partial charge in [-0.05, 0) is 37.8 Å². The molecule has 1 aromatic heterocycles. The van der Waals surface area contributed by atoms with Crippen LogP contribution < -0.4 is 5.32 Å². The summed E-state index contributed by atoms with van der Waals surface area (Å²) in [6.45, 7) is 5.88. The first kappa shape index (κ1) is 11.6. The number of aryl methyl sites for hydroxylation is 1. The predicted molar refractivity (Wildman–Crippen MR) is 64.2 cm³/mol. The molecule has 1 saturated carbocycles. The second-order valence-corrected chi connectivity index (χ2v) is 4.50. The van der Waals surface area contributed by atoms with Gasteiger partial charge in [0.25, 0.3) is 0 Å². The topological polar surface area (TPSA) is 34.1 Å². The molecule has 3 nitrogen and oxygen atoms in total. The maximum Gasteiger partial charge on any atom is 0.0604 e. The molecule has 0 saturated heterocycles. The number of rotatable bonds is 5. The summed E-state index contributed by atoms with van der Waals surface area (Å²) in [5.74, 6) is 0. The Morgan fingerprint density at radius 1 is 1.44 bits per heavy atom. The third-order valence-corrected chi connectivity index (χ3v) is 3.02. The minimum atomic E-state index is 0.484. The minimum Gasteiger partial charge on any atom is -0.378 e. The van der Waals surface area contributed by atoms with Gasteiger partial charge in [-0.1, -0.05) is 6.07 Å². The van der Waals surface area contributed by atoms with Gasteiger partial charge in [0.05, 0.1) is 6.10 Å². The molecule has 16 heavy (non-hydrogen) atoms. The van der Waals surface area contributed by atoms with Crippen LogP contribution in [0.2, 0.25) is 0 Å². The van der Waals surface area contributed by atoms with Crippen LogP contribution in [0.1, 0.15) is 30.9 Å². The number of hydrogen-bond donors (Lipinski definition) is 1. The van der Waals surface area contributed by atoms with Gasteiger partial charge in [0.15, 0.2) is 0 Å². The molecule has 0 amide bonds. The molecule has 0 spiro atoms. The van der Waals surface area contributed by atoms with Crippen molar-refractivity contribution in [3.8, 4) is 0 Å². The molecular formula is C13H20N2O. The van der Waals surface area contributed by atoms with Crippen molar-refractivity contribution in [1.82, 2.24) is 10.3 Å². The monoisotopic (exact) mass is 220 g/mol. The zero-order valence-corrected chi connectivity index (χ0v) is 10.1. The highest BCUT2D eigenvalue weighted by atomic mass is 16.5. The van der Waals surface area contributed by atoms with Crippen LogP contribution >= 0.6 is 0 Å². The zero-order valence-electron chi connectivity index (χ0n) is 10.1. The second kappa shape index (κ2) is 5.41. The third kappa shape index (κ3) is 3.03. The fraction of sp³-hybridized carbons (Fsp3) is 0.615. The summed E-state index contributed by atoms with van der Waals surface area (Å²) in [7, 11) is 0. The summed E-state index contributed by atoms with van der Waals surface area (Å²) in [6.07, 6.45) is 6.59.